The summed E-state index contributed by atoms with van der Waals surface area (Å²) in [5, 5.41) is 1.97. The quantitative estimate of drug-likeness (QED) is 0.562. The van der Waals surface area contributed by atoms with Crippen LogP contribution in [-0.2, 0) is 0 Å². The van der Waals surface area contributed by atoms with Gasteiger partial charge in [-0.1, -0.05) is 63.5 Å². The summed E-state index contributed by atoms with van der Waals surface area (Å²) >= 11 is 0. The van der Waals surface area contributed by atoms with E-state index in [1.165, 1.54) is 11.3 Å². The van der Waals surface area contributed by atoms with Gasteiger partial charge in [0.2, 0.25) is 0 Å². The molecule has 0 amide bonds. The van der Waals surface area contributed by atoms with Crippen LogP contribution in [0.25, 0.3) is 0 Å². The van der Waals surface area contributed by atoms with Gasteiger partial charge >= 0.3 is 0 Å². The first-order valence-electron chi connectivity index (χ1n) is 8.09. The molecule has 1 aliphatic heterocycles. The van der Waals surface area contributed by atoms with Gasteiger partial charge in [-0.25, -0.2) is 0 Å². The highest BCUT2D eigenvalue weighted by Gasteiger charge is 2.17. The fourth-order valence-corrected chi connectivity index (χ4v) is 2.48. The number of rotatable bonds is 10. The summed E-state index contributed by atoms with van der Waals surface area (Å²) in [5.74, 6) is 0.563. The summed E-state index contributed by atoms with van der Waals surface area (Å²) in [7, 11) is 0. The Morgan fingerprint density at radius 3 is 2.57 bits per heavy atom. The van der Waals surface area contributed by atoms with Crippen LogP contribution in [0.15, 0.2) is 85.4 Å². The molecule has 3 nitrogen and oxygen atoms in total. The molecule has 0 unspecified atom stereocenters. The molecular weight excluding hydrogens is 282 g/mol. The lowest BCUT2D eigenvalue weighted by Gasteiger charge is -2.16. The van der Waals surface area contributed by atoms with Gasteiger partial charge in [-0.3, -0.25) is 5.01 Å². The Morgan fingerprint density at radius 2 is 2.00 bits per heavy atom. The predicted molar refractivity (Wildman–Crippen MR) is 101 cm³/mol. The fourth-order valence-electron chi connectivity index (χ4n) is 2.48. The Kier molecular flexibility index (Phi) is 8.55. The minimum Gasteiger partial charge on any atom is -0.306 e. The normalized spacial score (nSPS) is 17.0. The number of hydrogen-bond donors (Lipinski definition) is 2. The highest BCUT2D eigenvalue weighted by Crippen LogP contribution is 2.24. The second-order valence-corrected chi connectivity index (χ2v) is 5.45. The second kappa shape index (κ2) is 10.5. The summed E-state index contributed by atoms with van der Waals surface area (Å²) in [6.45, 7) is 15.6. The Labute approximate surface area is 141 Å². The predicted octanol–water partition coefficient (Wildman–Crippen LogP) is 4.90. The molecule has 0 bridgehead atoms. The van der Waals surface area contributed by atoms with Gasteiger partial charge in [-0.2, -0.15) is 0 Å². The molecule has 1 atom stereocenters. The maximum atomic E-state index is 3.88. The standard InChI is InChI=1S/C20H29N3/c1-6-11-17(9-4)14-18(10-5)15-19-16-23(22-21-19)20(12-7-2)13-8-3/h6-9,11-13,16,18,21-22H,1-2,4,10,14-15H2,3,5H3/b13-8-,17-11+,20-12+/t18-/m0/s1. The van der Waals surface area contributed by atoms with E-state index in [-0.39, 0.29) is 0 Å². The largest absolute Gasteiger partial charge is 0.306 e. The molecule has 0 aromatic heterocycles. The van der Waals surface area contributed by atoms with E-state index in [0.717, 1.165) is 25.0 Å². The van der Waals surface area contributed by atoms with E-state index in [9.17, 15) is 0 Å². The van der Waals surface area contributed by atoms with Crippen molar-refractivity contribution >= 4 is 0 Å². The van der Waals surface area contributed by atoms with E-state index in [0.29, 0.717) is 5.92 Å². The van der Waals surface area contributed by atoms with Gasteiger partial charge in [-0.15, -0.1) is 5.53 Å². The van der Waals surface area contributed by atoms with E-state index >= 15 is 0 Å². The lowest BCUT2D eigenvalue weighted by atomic mass is 9.92. The van der Waals surface area contributed by atoms with Gasteiger partial charge in [0.05, 0.1) is 5.70 Å². The lowest BCUT2D eigenvalue weighted by molar-refractivity contribution is 0.341. The van der Waals surface area contributed by atoms with Crippen LogP contribution in [0.1, 0.15) is 33.1 Å². The molecule has 0 radical (unpaired) electrons. The molecule has 0 spiro atoms. The molecule has 0 aromatic carbocycles. The minimum absolute atomic E-state index is 0.563. The highest BCUT2D eigenvalue weighted by molar-refractivity contribution is 5.25. The molecule has 1 heterocycles. The van der Waals surface area contributed by atoms with Crippen molar-refractivity contribution in [3.63, 3.8) is 0 Å². The van der Waals surface area contributed by atoms with E-state index in [1.807, 2.05) is 48.4 Å². The van der Waals surface area contributed by atoms with Gasteiger partial charge in [0.1, 0.15) is 0 Å². The van der Waals surface area contributed by atoms with Crippen molar-refractivity contribution in [2.24, 2.45) is 5.92 Å². The smallest absolute Gasteiger partial charge is 0.0586 e. The first kappa shape index (κ1) is 18.8. The first-order valence-corrected chi connectivity index (χ1v) is 8.09. The SMILES string of the molecule is C=C/C=C(\C=C)C[C@H](CC)CC1=CN(C(/C=C\C)=C/C=C)NN1. The van der Waals surface area contributed by atoms with Crippen LogP contribution in [0.3, 0.4) is 0 Å². The zero-order valence-electron chi connectivity index (χ0n) is 14.4. The average Bonchev–Trinajstić information content (AvgIpc) is 3.01. The van der Waals surface area contributed by atoms with Crippen LogP contribution in [-0.4, -0.2) is 5.01 Å². The van der Waals surface area contributed by atoms with E-state index in [2.05, 4.69) is 43.8 Å². The Hall–Kier alpha value is -2.26. The van der Waals surface area contributed by atoms with Crippen LogP contribution >= 0.6 is 0 Å². The molecule has 2 N–H and O–H groups in total. The second-order valence-electron chi connectivity index (χ2n) is 5.45. The van der Waals surface area contributed by atoms with Gasteiger partial charge in [-0.05, 0) is 43.4 Å². The Balaban J connectivity index is 2.75. The third-order valence-electron chi connectivity index (χ3n) is 3.73. The average molecular weight is 311 g/mol. The van der Waals surface area contributed by atoms with Crippen LogP contribution in [0.5, 0.6) is 0 Å². The molecule has 3 heteroatoms. The van der Waals surface area contributed by atoms with Gasteiger partial charge < -0.3 is 5.43 Å². The van der Waals surface area contributed by atoms with Crippen molar-refractivity contribution in [2.75, 3.05) is 0 Å². The number of allylic oxidation sites excluding steroid dienone is 9. The van der Waals surface area contributed by atoms with Crippen molar-refractivity contribution in [3.05, 3.63) is 85.4 Å². The molecule has 0 fully saturated rings. The van der Waals surface area contributed by atoms with Gasteiger partial charge in [0.25, 0.3) is 0 Å². The van der Waals surface area contributed by atoms with Crippen molar-refractivity contribution in [1.82, 2.24) is 16.0 Å². The lowest BCUT2D eigenvalue weighted by Crippen LogP contribution is -2.35. The molecule has 0 saturated carbocycles. The van der Waals surface area contributed by atoms with Crippen LogP contribution in [0.2, 0.25) is 0 Å². The topological polar surface area (TPSA) is 27.3 Å². The summed E-state index contributed by atoms with van der Waals surface area (Å²) in [6.07, 6.45) is 18.8. The number of nitrogens with one attached hydrogen (secondary N) is 2. The minimum atomic E-state index is 0.563. The molecule has 124 valence electrons. The molecular formula is C20H29N3. The summed E-state index contributed by atoms with van der Waals surface area (Å²) in [5.41, 5.74) is 9.88. The number of hydrazine groups is 2. The molecule has 0 aromatic rings. The van der Waals surface area contributed by atoms with Gasteiger partial charge in [0, 0.05) is 11.9 Å². The first-order chi connectivity index (χ1) is 11.2. The van der Waals surface area contributed by atoms with Crippen LogP contribution in [0.4, 0.5) is 0 Å². The summed E-state index contributed by atoms with van der Waals surface area (Å²) in [4.78, 5) is 0. The third kappa shape index (κ3) is 6.17. The zero-order chi connectivity index (χ0) is 17.1. The molecule has 1 rings (SSSR count). The van der Waals surface area contributed by atoms with E-state index < -0.39 is 0 Å². The Bertz CT molecular complexity index is 535. The van der Waals surface area contributed by atoms with E-state index in [1.54, 1.807) is 6.08 Å². The maximum absolute atomic E-state index is 3.88. The number of hydrogen-bond acceptors (Lipinski definition) is 3. The maximum Gasteiger partial charge on any atom is 0.0586 e. The monoisotopic (exact) mass is 311 g/mol. The van der Waals surface area contributed by atoms with E-state index in [4.69, 9.17) is 0 Å². The molecule has 0 aliphatic carbocycles. The molecule has 1 aliphatic rings. The van der Waals surface area contributed by atoms with Crippen molar-refractivity contribution in [2.45, 2.75) is 33.1 Å². The zero-order valence-corrected chi connectivity index (χ0v) is 14.4. The van der Waals surface area contributed by atoms with Crippen molar-refractivity contribution in [3.8, 4) is 0 Å². The third-order valence-corrected chi connectivity index (χ3v) is 3.73. The summed E-state index contributed by atoms with van der Waals surface area (Å²) < 4.78 is 0. The van der Waals surface area contributed by atoms with Gasteiger partial charge in [0.15, 0.2) is 0 Å². The highest BCUT2D eigenvalue weighted by atomic mass is 15.7. The van der Waals surface area contributed by atoms with Crippen LogP contribution < -0.4 is 11.0 Å². The van der Waals surface area contributed by atoms with Crippen molar-refractivity contribution in [1.29, 1.82) is 0 Å². The summed E-state index contributed by atoms with van der Waals surface area (Å²) in [6, 6.07) is 0. The molecule has 23 heavy (non-hydrogen) atoms. The Morgan fingerprint density at radius 1 is 1.26 bits per heavy atom. The number of nitrogens with zero attached hydrogens (tertiary/aromatic N) is 1. The fraction of sp³-hybridized carbons (Fsp3) is 0.300. The molecule has 0 saturated heterocycles. The van der Waals surface area contributed by atoms with Crippen molar-refractivity contribution < 1.29 is 0 Å². The van der Waals surface area contributed by atoms with Crippen LogP contribution in [0, 0.1) is 5.92 Å².